The molecule has 0 saturated heterocycles. The van der Waals surface area contributed by atoms with Crippen LogP contribution in [0.2, 0.25) is 0 Å². The highest BCUT2D eigenvalue weighted by atomic mass is 79.9. The van der Waals surface area contributed by atoms with Crippen LogP contribution < -0.4 is 10.7 Å². The molecule has 0 aliphatic heterocycles. The van der Waals surface area contributed by atoms with Crippen molar-refractivity contribution in [2.24, 2.45) is 0 Å². The van der Waals surface area contributed by atoms with Crippen molar-refractivity contribution in [2.45, 2.75) is 0 Å². The van der Waals surface area contributed by atoms with Crippen molar-refractivity contribution < 1.29 is 4.79 Å². The molecule has 0 aliphatic rings. The summed E-state index contributed by atoms with van der Waals surface area (Å²) in [5, 5.41) is 2.58. The maximum absolute atomic E-state index is 11.7. The number of hydrogen-bond acceptors (Lipinski definition) is 3. The third-order valence-electron chi connectivity index (χ3n) is 2.05. The largest absolute Gasteiger partial charge is 0.367 e. The van der Waals surface area contributed by atoms with E-state index in [1.807, 2.05) is 0 Å². The Morgan fingerprint density at radius 3 is 2.82 bits per heavy atom. The number of nitrogens with one attached hydrogen (secondary N) is 2. The van der Waals surface area contributed by atoms with Crippen LogP contribution in [0.4, 0.5) is 5.69 Å². The molecule has 0 radical (unpaired) electrons. The summed E-state index contributed by atoms with van der Waals surface area (Å²) in [7, 11) is 0. The number of anilines is 1. The molecule has 0 fully saturated rings. The van der Waals surface area contributed by atoms with Gasteiger partial charge in [0.1, 0.15) is 10.2 Å². The Hall–Kier alpha value is -1.95. The van der Waals surface area contributed by atoms with Gasteiger partial charge in [-0.15, -0.1) is 0 Å². The lowest BCUT2D eigenvalue weighted by molar-refractivity contribution is 0.102. The molecule has 2 aromatic heterocycles. The average Bonchev–Trinajstić information content (AvgIpc) is 2.32. The number of hydrogen-bond donors (Lipinski definition) is 2. The maximum Gasteiger partial charge on any atom is 0.261 e. The number of H-pyrrole nitrogens is 1. The Morgan fingerprint density at radius 1 is 1.35 bits per heavy atom. The Kier molecular flexibility index (Phi) is 3.34. The Labute approximate surface area is 105 Å². The van der Waals surface area contributed by atoms with Crippen LogP contribution in [0.15, 0.2) is 46.2 Å². The average molecular weight is 294 g/mol. The Balaban J connectivity index is 2.20. The molecule has 0 saturated carbocycles. The fourth-order valence-corrected chi connectivity index (χ4v) is 1.48. The number of carbonyl (C=O) groups excluding carboxylic acids is 1. The van der Waals surface area contributed by atoms with E-state index in [0.29, 0.717) is 10.3 Å². The van der Waals surface area contributed by atoms with Crippen molar-refractivity contribution in [2.75, 3.05) is 5.32 Å². The Bertz CT molecular complexity index is 592. The predicted octanol–water partition coefficient (Wildman–Crippen LogP) is 1.78. The van der Waals surface area contributed by atoms with E-state index in [9.17, 15) is 9.59 Å². The zero-order valence-corrected chi connectivity index (χ0v) is 10.2. The topological polar surface area (TPSA) is 74.8 Å². The van der Waals surface area contributed by atoms with Crippen molar-refractivity contribution in [1.29, 1.82) is 0 Å². The molecule has 0 aromatic carbocycles. The summed E-state index contributed by atoms with van der Waals surface area (Å²) in [5.41, 5.74) is 0.267. The third-order valence-corrected chi connectivity index (χ3v) is 2.52. The first-order valence-electron chi connectivity index (χ1n) is 4.77. The summed E-state index contributed by atoms with van der Waals surface area (Å²) in [6.07, 6.45) is 4.34. The molecule has 1 amide bonds. The first-order valence-corrected chi connectivity index (χ1v) is 5.56. The molecule has 2 N–H and O–H groups in total. The van der Waals surface area contributed by atoms with Crippen molar-refractivity contribution in [3.63, 3.8) is 0 Å². The molecule has 0 atom stereocenters. The summed E-state index contributed by atoms with van der Waals surface area (Å²) in [5.74, 6) is -0.462. The van der Waals surface area contributed by atoms with Crippen LogP contribution in [0.3, 0.4) is 0 Å². The zero-order chi connectivity index (χ0) is 12.3. The second-order valence-corrected chi connectivity index (χ2v) is 4.06. The van der Waals surface area contributed by atoms with Crippen molar-refractivity contribution in [3.8, 4) is 0 Å². The van der Waals surface area contributed by atoms with Crippen LogP contribution >= 0.6 is 15.9 Å². The van der Waals surface area contributed by atoms with E-state index in [2.05, 4.69) is 31.2 Å². The number of aromatic nitrogens is 2. The minimum Gasteiger partial charge on any atom is -0.367 e. The molecule has 5 nitrogen and oxygen atoms in total. The minimum absolute atomic E-state index is 0.0652. The van der Waals surface area contributed by atoms with Crippen LogP contribution in [-0.4, -0.2) is 15.9 Å². The van der Waals surface area contributed by atoms with Gasteiger partial charge < -0.3 is 10.3 Å². The normalized spacial score (nSPS) is 9.94. The molecule has 86 valence electrons. The van der Waals surface area contributed by atoms with Crippen molar-refractivity contribution in [3.05, 3.63) is 57.2 Å². The van der Waals surface area contributed by atoms with E-state index in [1.165, 1.54) is 24.7 Å². The first-order chi connectivity index (χ1) is 8.16. The van der Waals surface area contributed by atoms with Gasteiger partial charge in [-0.3, -0.25) is 9.59 Å². The Morgan fingerprint density at radius 2 is 2.18 bits per heavy atom. The minimum atomic E-state index is -0.462. The van der Waals surface area contributed by atoms with Gasteiger partial charge in [0.15, 0.2) is 5.43 Å². The second kappa shape index (κ2) is 4.92. The lowest BCUT2D eigenvalue weighted by Crippen LogP contribution is -2.20. The first kappa shape index (κ1) is 11.5. The zero-order valence-electron chi connectivity index (χ0n) is 8.61. The highest BCUT2D eigenvalue weighted by Gasteiger charge is 2.09. The maximum atomic E-state index is 11.7. The van der Waals surface area contributed by atoms with Crippen LogP contribution in [0.25, 0.3) is 0 Å². The SMILES string of the molecule is O=C(Nc1ccc(Br)nc1)c1c[nH]ccc1=O. The molecule has 6 heteroatoms. The molecule has 2 heterocycles. The number of pyridine rings is 2. The van der Waals surface area contributed by atoms with E-state index in [1.54, 1.807) is 12.1 Å². The van der Waals surface area contributed by atoms with E-state index in [4.69, 9.17) is 0 Å². The summed E-state index contributed by atoms with van der Waals surface area (Å²) in [4.78, 5) is 29.8. The fourth-order valence-electron chi connectivity index (χ4n) is 1.24. The van der Waals surface area contributed by atoms with Gasteiger partial charge in [-0.25, -0.2) is 4.98 Å². The summed E-state index contributed by atoms with van der Waals surface area (Å²) < 4.78 is 0.674. The highest BCUT2D eigenvalue weighted by Crippen LogP contribution is 2.10. The molecule has 17 heavy (non-hydrogen) atoms. The fraction of sp³-hybridized carbons (Fsp3) is 0. The van der Waals surface area contributed by atoms with E-state index in [0.717, 1.165) is 0 Å². The molecular formula is C11H8BrN3O2. The molecular weight excluding hydrogens is 286 g/mol. The highest BCUT2D eigenvalue weighted by molar-refractivity contribution is 9.10. The number of rotatable bonds is 2. The molecule has 0 bridgehead atoms. The van der Waals surface area contributed by atoms with Gasteiger partial charge in [0.05, 0.1) is 11.9 Å². The van der Waals surface area contributed by atoms with Crippen LogP contribution in [-0.2, 0) is 0 Å². The third kappa shape index (κ3) is 2.79. The van der Waals surface area contributed by atoms with Crippen LogP contribution in [0.1, 0.15) is 10.4 Å². The number of halogens is 1. The van der Waals surface area contributed by atoms with E-state index >= 15 is 0 Å². The molecule has 2 rings (SSSR count). The molecule has 0 aliphatic carbocycles. The van der Waals surface area contributed by atoms with Crippen molar-refractivity contribution >= 4 is 27.5 Å². The molecule has 0 spiro atoms. The lowest BCUT2D eigenvalue weighted by Gasteiger charge is -2.03. The van der Waals surface area contributed by atoms with Gasteiger partial charge in [-0.1, -0.05) is 0 Å². The van der Waals surface area contributed by atoms with Gasteiger partial charge in [0, 0.05) is 18.5 Å². The summed E-state index contributed by atoms with van der Waals surface area (Å²) in [6, 6.07) is 4.69. The number of aromatic amines is 1. The van der Waals surface area contributed by atoms with E-state index < -0.39 is 5.91 Å². The van der Waals surface area contributed by atoms with Gasteiger partial charge in [0.25, 0.3) is 5.91 Å². The van der Waals surface area contributed by atoms with Gasteiger partial charge in [0.2, 0.25) is 0 Å². The summed E-state index contributed by atoms with van der Waals surface area (Å²) in [6.45, 7) is 0. The number of carbonyl (C=O) groups is 1. The van der Waals surface area contributed by atoms with Crippen LogP contribution in [0.5, 0.6) is 0 Å². The van der Waals surface area contributed by atoms with Gasteiger partial charge >= 0.3 is 0 Å². The molecule has 0 unspecified atom stereocenters. The van der Waals surface area contributed by atoms with Crippen molar-refractivity contribution in [1.82, 2.24) is 9.97 Å². The number of amides is 1. The van der Waals surface area contributed by atoms with E-state index in [-0.39, 0.29) is 11.0 Å². The quantitative estimate of drug-likeness (QED) is 0.829. The van der Waals surface area contributed by atoms with Crippen LogP contribution in [0, 0.1) is 0 Å². The number of nitrogens with zero attached hydrogens (tertiary/aromatic N) is 1. The molecule has 2 aromatic rings. The smallest absolute Gasteiger partial charge is 0.261 e. The monoisotopic (exact) mass is 293 g/mol. The predicted molar refractivity (Wildman–Crippen MR) is 67.0 cm³/mol. The standard InChI is InChI=1S/C11H8BrN3O2/c12-10-2-1-7(5-14-10)15-11(17)8-6-13-4-3-9(8)16/h1-6H,(H,13,16)(H,15,17). The lowest BCUT2D eigenvalue weighted by atomic mass is 10.2. The van der Waals surface area contributed by atoms with Gasteiger partial charge in [-0.2, -0.15) is 0 Å². The second-order valence-electron chi connectivity index (χ2n) is 3.25. The van der Waals surface area contributed by atoms with Gasteiger partial charge in [-0.05, 0) is 28.1 Å². The summed E-state index contributed by atoms with van der Waals surface area (Å²) >= 11 is 3.19.